The van der Waals surface area contributed by atoms with Gasteiger partial charge in [0.25, 0.3) is 11.7 Å². The van der Waals surface area contributed by atoms with Crippen molar-refractivity contribution in [1.29, 1.82) is 0 Å². The van der Waals surface area contributed by atoms with Crippen molar-refractivity contribution in [2.45, 2.75) is 161 Å². The minimum Gasteiger partial charge on any atom is -0.456 e. The molecule has 3 fully saturated rings. The van der Waals surface area contributed by atoms with Crippen LogP contribution in [0.1, 0.15) is 155 Å². The maximum atomic E-state index is 14.3. The van der Waals surface area contributed by atoms with Gasteiger partial charge in [0, 0.05) is 231 Å². The summed E-state index contributed by atoms with van der Waals surface area (Å²) in [6, 6.07) is -1.08. The average molecular weight is 1570 g/mol. The summed E-state index contributed by atoms with van der Waals surface area (Å²) in [7, 11) is 4.66. The molecule has 5 N–H and O–H groups in total. The molecule has 0 unspecified atom stereocenters. The summed E-state index contributed by atoms with van der Waals surface area (Å²) in [5.74, 6) is 98.6. The van der Waals surface area contributed by atoms with Crippen LogP contribution in [0.15, 0.2) is 48.1 Å². The Bertz CT molecular complexity index is 4760. The van der Waals surface area contributed by atoms with E-state index in [0.717, 1.165) is 17.6 Å². The van der Waals surface area contributed by atoms with Gasteiger partial charge in [-0.2, -0.15) is 0 Å². The molecule has 24 nitrogen and oxygen atoms in total. The number of esters is 1. The van der Waals surface area contributed by atoms with Crippen molar-refractivity contribution in [3.05, 3.63) is 48.1 Å². The second-order valence-electron chi connectivity index (χ2n) is 23.0. The van der Waals surface area contributed by atoms with Gasteiger partial charge in [0.15, 0.2) is 5.78 Å². The van der Waals surface area contributed by atoms with E-state index in [-0.39, 0.29) is 85.9 Å². The van der Waals surface area contributed by atoms with Crippen LogP contribution in [0, 0.1) is 278 Å². The van der Waals surface area contributed by atoms with E-state index < -0.39 is 77.8 Å². The van der Waals surface area contributed by atoms with Gasteiger partial charge in [0.1, 0.15) is 18.2 Å². The van der Waals surface area contributed by atoms with Crippen molar-refractivity contribution in [2.75, 3.05) is 27.9 Å². The maximum absolute atomic E-state index is 14.3. The fourth-order valence-corrected chi connectivity index (χ4v) is 10.5. The number of ketones is 2. The van der Waals surface area contributed by atoms with Gasteiger partial charge in [-0.15, -0.1) is 6.58 Å². The monoisotopic (exact) mass is 1570 g/mol. The van der Waals surface area contributed by atoms with Crippen LogP contribution in [0.4, 0.5) is 0 Å². The molecule has 630 valence electrons. The number of aliphatic hydroxyl groups is 2. The number of allylic oxidation sites excluding steroid dienone is 5. The highest BCUT2D eigenvalue weighted by molar-refractivity contribution is 6.39. The summed E-state index contributed by atoms with van der Waals surface area (Å²) >= 11 is 0. The maximum Gasteiger partial charge on any atom is 0.329 e. The third-order valence-corrected chi connectivity index (χ3v) is 15.3. The fraction of sp³-hybridized carbons (Fsp3) is 0.386. The molecule has 3 aliphatic heterocycles. The number of amides is 1. The number of carbonyl (C=O) groups excluding carboxylic acids is 4. The summed E-state index contributed by atoms with van der Waals surface area (Å²) < 4.78 is 29.8. The fourth-order valence-electron chi connectivity index (χ4n) is 10.5. The standard InChI is InChI=1S/C44H67NO11.C44H6.H3NO11.30H2/c1-10-13-32-21-26(2)20-27(3)22-37(53-8)40-38(54-9)24-30(6)44(51,56-40)41(48)42(49)45-19-12-11-14-33(45)43(50)55-39(28(4)15-17-34(32)46)29(5)23-31-16-18-35(47)36(25-31)52-7;1-3-5-7-9-11-13-15-17-19-21-23-25-27-29-31-33-35-37-39-41-43-44-42-40-38-36-34-32-30-28-26-24-22-20-18-16-14-12-10-8-6-4-2;2-6-10-8-4-1-5-9-12-11-7-3;;;;;;;;;;;;;;;;;;;;;;;;;;;;;;/h10,15,17,21,23,27-28,30-33,35-40,47,51H,1,11-14,16,18-20,22,24-25H2,2-9H3;1-2H3;1-3H;30*1H/b17-15+,26-21+,29-23+;;;;;;;;;;;;;;;;;;;;;;;;;;;;;;;;/t27-,28+,30+,31-,32+,33-,35+,36+,37-,38-,39-,40+,44+;;;;;;;;;;;;;;;;;;;;;;;;;;;;;;;;/m0................................/s1. The van der Waals surface area contributed by atoms with E-state index >= 15 is 0 Å². The first-order chi connectivity index (χ1) is 54.4. The molecule has 0 radical (unpaired) electrons. The van der Waals surface area contributed by atoms with Gasteiger partial charge < -0.3 is 38.8 Å². The zero-order valence-electron chi connectivity index (χ0n) is 62.9. The summed E-state index contributed by atoms with van der Waals surface area (Å²) in [5, 5.41) is 59.8. The first kappa shape index (κ1) is 95.4. The Hall–Kier alpha value is -12.7. The van der Waals surface area contributed by atoms with E-state index in [1.807, 2.05) is 26.8 Å². The normalized spacial score (nSPS) is 22.9. The first-order valence-electron chi connectivity index (χ1n) is 33.7. The molecular formula is C88H136N2O22. The predicted octanol–water partition coefficient (Wildman–Crippen LogP) is 12.8. The lowest BCUT2D eigenvalue weighted by Gasteiger charge is -2.47. The van der Waals surface area contributed by atoms with Crippen LogP contribution in [0.5, 0.6) is 0 Å². The molecule has 2 bridgehead atoms. The number of cyclic esters (lactones) is 1. The summed E-state index contributed by atoms with van der Waals surface area (Å²) in [6.45, 7) is 16.9. The molecule has 0 aromatic carbocycles. The number of rotatable bonds is 16. The minimum absolute atomic E-state index is 0. The second kappa shape index (κ2) is 61.2. The van der Waals surface area contributed by atoms with Gasteiger partial charge >= 0.3 is 5.97 Å². The van der Waals surface area contributed by atoms with Crippen LogP contribution < -0.4 is 5.64 Å². The van der Waals surface area contributed by atoms with Crippen LogP contribution in [0.3, 0.4) is 0 Å². The lowest BCUT2D eigenvalue weighted by molar-refractivity contribution is -0.781. The molecule has 1 aliphatic carbocycles. The van der Waals surface area contributed by atoms with Crippen LogP contribution in [-0.2, 0) is 88.1 Å². The zero-order chi connectivity index (χ0) is 82.1. The third kappa shape index (κ3) is 41.0. The van der Waals surface area contributed by atoms with Crippen molar-refractivity contribution < 1.29 is 152 Å². The number of nitrogens with zero attached hydrogens (tertiary/aromatic N) is 1. The zero-order valence-corrected chi connectivity index (χ0v) is 62.9. The quantitative estimate of drug-likeness (QED) is 0.0182. The van der Waals surface area contributed by atoms with E-state index in [1.165, 1.54) is 24.8 Å². The highest BCUT2D eigenvalue weighted by Gasteiger charge is 2.56. The Kier molecular flexibility index (Phi) is 52.1. The number of aliphatic hydroxyl groups excluding tert-OH is 1. The first-order valence-corrected chi connectivity index (χ1v) is 33.7. The van der Waals surface area contributed by atoms with E-state index in [2.05, 4.69) is 313 Å². The van der Waals surface area contributed by atoms with Crippen LogP contribution in [0.25, 0.3) is 0 Å². The molecule has 4 aliphatic rings. The molecule has 13 atom stereocenters. The number of carbonyl (C=O) groups is 4. The number of fused-ring (bicyclic) bond motifs is 3. The topological polar surface area (TPSA) is 294 Å². The minimum atomic E-state index is -2.48. The van der Waals surface area contributed by atoms with E-state index in [1.54, 1.807) is 46.1 Å². The highest BCUT2D eigenvalue weighted by atomic mass is 17.8. The molecule has 2 saturated heterocycles. The molecule has 0 aromatic rings. The van der Waals surface area contributed by atoms with Crippen molar-refractivity contribution in [1.82, 2.24) is 10.5 Å². The van der Waals surface area contributed by atoms with Gasteiger partial charge in [-0.1, -0.05) is 72.5 Å². The molecule has 4 rings (SSSR count). The Labute approximate surface area is 699 Å². The Balaban J connectivity index is -0.0000000506. The predicted molar refractivity (Wildman–Crippen MR) is 467 cm³/mol. The molecule has 3 heterocycles. The van der Waals surface area contributed by atoms with Crippen LogP contribution >= 0.6 is 0 Å². The summed E-state index contributed by atoms with van der Waals surface area (Å²) in [5.41, 5.74) is 3.15. The van der Waals surface area contributed by atoms with Gasteiger partial charge in [-0.3, -0.25) is 14.4 Å². The number of hydrogen-bond acceptors (Lipinski definition) is 23. The average Bonchev–Trinajstić information content (AvgIpc) is 0.855. The lowest BCUT2D eigenvalue weighted by atomic mass is 9.82. The van der Waals surface area contributed by atoms with Crippen molar-refractivity contribution in [3.63, 3.8) is 0 Å². The summed E-state index contributed by atoms with van der Waals surface area (Å²) in [4.78, 5) is 64.9. The Morgan fingerprint density at radius 1 is 0.589 bits per heavy atom. The van der Waals surface area contributed by atoms with Crippen LogP contribution in [0.2, 0.25) is 0 Å². The smallest absolute Gasteiger partial charge is 0.329 e. The molecule has 0 spiro atoms. The van der Waals surface area contributed by atoms with Crippen molar-refractivity contribution >= 4 is 23.4 Å². The number of nitrogens with one attached hydrogen (secondary N) is 1. The van der Waals surface area contributed by atoms with Crippen molar-refractivity contribution in [3.8, 4) is 249 Å². The highest BCUT2D eigenvalue weighted by Crippen LogP contribution is 2.39. The number of Topliss-reactive ketones (excluding diaryl/α,β-unsaturated/α-hetero) is 1. The van der Waals surface area contributed by atoms with Gasteiger partial charge in [0.2, 0.25) is 5.79 Å². The molecule has 1 saturated carbocycles. The molecule has 1 amide bonds. The number of ether oxygens (including phenoxy) is 5. The SMILES string of the molecule is C=CC[C@@H]1/C=C(\C)C[C@H](C)C[C@H](OC)[C@H]2O[C@@](O)(C(=O)C(=O)N3CCCC[C@H]3C(=O)O[C@H](/C(C)=C/[C@@H]3CC[C@@H](O)[C@H](OC)C3)[C@H](C)/C=C/C1=O)[C@H](C)C[C@@H]2OC.CC#CC#CC#CC#CC#CC#CC#CC#CC#CC#CC#CC#CC#CC#CC#CC#CC#CC#CC#CC#CC#CC.OOOOONOOOOOO.[HH].[HH].[HH].[HH].[HH].[HH].[HH].[HH].[HH].[HH].[HH].[HH].[HH].[HH].[HH].[HH].[HH].[HH].[HH].[HH].[HH].[HH].[HH].[HH].[HH].[HH].[HH].[HH].[HH].[HH]. The van der Waals surface area contributed by atoms with E-state index in [9.17, 15) is 29.4 Å². The third-order valence-electron chi connectivity index (χ3n) is 15.3. The molecule has 24 heteroatoms. The number of piperidine rings is 1. The molecular weight excluding hydrogens is 1440 g/mol. The number of hydrogen-bond donors (Lipinski definition) is 5. The van der Waals surface area contributed by atoms with Gasteiger partial charge in [0.05, 0.1) is 24.4 Å². The lowest BCUT2D eigenvalue weighted by Crippen LogP contribution is -2.64. The van der Waals surface area contributed by atoms with E-state index in [0.29, 0.717) is 44.9 Å². The van der Waals surface area contributed by atoms with Gasteiger partial charge in [-0.25, -0.2) is 15.3 Å². The van der Waals surface area contributed by atoms with Gasteiger partial charge in [-0.05, 0) is 251 Å². The molecule has 112 heavy (non-hydrogen) atoms. The second-order valence-corrected chi connectivity index (χ2v) is 23.0. The van der Waals surface area contributed by atoms with Crippen LogP contribution in [-0.4, -0.2) is 125 Å². The number of methoxy groups -OCH3 is 3. The molecule has 0 aromatic heterocycles. The Morgan fingerprint density at radius 2 is 1.01 bits per heavy atom. The van der Waals surface area contributed by atoms with E-state index in [4.69, 9.17) is 34.2 Å². The Morgan fingerprint density at radius 3 is 1.43 bits per heavy atom. The summed E-state index contributed by atoms with van der Waals surface area (Å²) in [6.07, 6.45) is 10.5. The largest absolute Gasteiger partial charge is 0.456 e. The van der Waals surface area contributed by atoms with Crippen molar-refractivity contribution in [2.24, 2.45) is 29.6 Å².